The maximum atomic E-state index is 10.8. The van der Waals surface area contributed by atoms with Gasteiger partial charge in [-0.3, -0.25) is 4.79 Å². The number of piperazine rings is 1. The van der Waals surface area contributed by atoms with Crippen molar-refractivity contribution in [3.05, 3.63) is 5.32 Å². The SMILES string of the molecule is CC(=O)N1CC2CC(C1)[N-]2.[Li+]. The molecule has 0 aromatic rings. The predicted octanol–water partition coefficient (Wildman–Crippen LogP) is -2.63. The van der Waals surface area contributed by atoms with Crippen LogP contribution in [0.15, 0.2) is 0 Å². The molecule has 3 nitrogen and oxygen atoms in total. The molecular weight excluding hydrogens is 135 g/mol. The number of fused-ring (bicyclic) bond motifs is 2. The quantitative estimate of drug-likeness (QED) is 0.344. The van der Waals surface area contributed by atoms with Crippen LogP contribution in [0.25, 0.3) is 5.32 Å². The van der Waals surface area contributed by atoms with E-state index < -0.39 is 0 Å². The zero-order chi connectivity index (χ0) is 7.14. The van der Waals surface area contributed by atoms with Gasteiger partial charge in [0, 0.05) is 20.0 Å². The second kappa shape index (κ2) is 3.18. The van der Waals surface area contributed by atoms with Crippen LogP contribution in [-0.2, 0) is 4.79 Å². The Morgan fingerprint density at radius 1 is 1.45 bits per heavy atom. The molecule has 0 aliphatic carbocycles. The van der Waals surface area contributed by atoms with Crippen LogP contribution in [-0.4, -0.2) is 36.0 Å². The van der Waals surface area contributed by atoms with Crippen LogP contribution in [0.5, 0.6) is 0 Å². The fourth-order valence-electron chi connectivity index (χ4n) is 1.68. The van der Waals surface area contributed by atoms with E-state index in [2.05, 4.69) is 5.32 Å². The molecule has 1 amide bonds. The third-order valence-corrected chi connectivity index (χ3v) is 2.27. The Morgan fingerprint density at radius 3 is 2.18 bits per heavy atom. The molecule has 2 bridgehead atoms. The number of carbonyl (C=O) groups is 1. The first kappa shape index (κ1) is 9.12. The maximum absolute atomic E-state index is 10.8. The fourth-order valence-corrected chi connectivity index (χ4v) is 1.68. The van der Waals surface area contributed by atoms with Crippen LogP contribution >= 0.6 is 0 Å². The molecule has 0 saturated carbocycles. The van der Waals surface area contributed by atoms with Crippen LogP contribution in [0, 0.1) is 0 Å². The summed E-state index contributed by atoms with van der Waals surface area (Å²) in [5.74, 6) is 0.199. The topological polar surface area (TPSA) is 34.4 Å². The zero-order valence-corrected chi connectivity index (χ0v) is 7.08. The smallest absolute Gasteiger partial charge is 0.654 e. The third-order valence-electron chi connectivity index (χ3n) is 2.27. The van der Waals surface area contributed by atoms with Crippen molar-refractivity contribution in [3.63, 3.8) is 0 Å². The van der Waals surface area contributed by atoms with Crippen LogP contribution in [0.3, 0.4) is 0 Å². The first-order valence-electron chi connectivity index (χ1n) is 3.71. The van der Waals surface area contributed by atoms with Gasteiger partial charge in [-0.1, -0.05) is 6.42 Å². The summed E-state index contributed by atoms with van der Waals surface area (Å²) in [6.07, 6.45) is 1.21. The largest absolute Gasteiger partial charge is 1.00 e. The monoisotopic (exact) mass is 146 g/mol. The first-order chi connectivity index (χ1) is 4.75. The molecule has 0 N–H and O–H groups in total. The average molecular weight is 146 g/mol. The van der Waals surface area contributed by atoms with Gasteiger partial charge < -0.3 is 10.2 Å². The first-order valence-corrected chi connectivity index (χ1v) is 3.71. The van der Waals surface area contributed by atoms with Gasteiger partial charge in [0.1, 0.15) is 0 Å². The van der Waals surface area contributed by atoms with E-state index in [1.165, 1.54) is 6.42 Å². The minimum Gasteiger partial charge on any atom is -0.654 e. The van der Waals surface area contributed by atoms with Crippen molar-refractivity contribution >= 4 is 5.91 Å². The van der Waals surface area contributed by atoms with E-state index in [9.17, 15) is 4.79 Å². The van der Waals surface area contributed by atoms with Crippen molar-refractivity contribution in [1.29, 1.82) is 0 Å². The predicted molar refractivity (Wildman–Crippen MR) is 37.8 cm³/mol. The second-order valence-corrected chi connectivity index (χ2v) is 3.12. The minimum atomic E-state index is 0. The summed E-state index contributed by atoms with van der Waals surface area (Å²) in [7, 11) is 0. The number of carbonyl (C=O) groups excluding carboxylic acids is 1. The Labute approximate surface area is 78.7 Å². The van der Waals surface area contributed by atoms with Gasteiger partial charge in [0.25, 0.3) is 0 Å². The van der Waals surface area contributed by atoms with E-state index in [4.69, 9.17) is 0 Å². The Morgan fingerprint density at radius 2 is 1.91 bits per heavy atom. The van der Waals surface area contributed by atoms with Crippen molar-refractivity contribution < 1.29 is 23.7 Å². The summed E-state index contributed by atoms with van der Waals surface area (Å²) < 4.78 is 0. The van der Waals surface area contributed by atoms with Gasteiger partial charge in [-0.15, -0.1) is 12.1 Å². The van der Waals surface area contributed by atoms with E-state index >= 15 is 0 Å². The Hall–Kier alpha value is 0.0274. The van der Waals surface area contributed by atoms with Crippen molar-refractivity contribution in [2.45, 2.75) is 25.4 Å². The van der Waals surface area contributed by atoms with Crippen LogP contribution in [0.2, 0.25) is 0 Å². The van der Waals surface area contributed by atoms with E-state index in [0.717, 1.165) is 13.1 Å². The number of amides is 1. The maximum Gasteiger partial charge on any atom is 1.00 e. The van der Waals surface area contributed by atoms with Crippen LogP contribution < -0.4 is 18.9 Å². The molecule has 3 aliphatic rings. The Balaban J connectivity index is 0.000000605. The van der Waals surface area contributed by atoms with E-state index in [1.807, 2.05) is 4.90 Å². The van der Waals surface area contributed by atoms with Gasteiger partial charge in [0.15, 0.2) is 0 Å². The number of rotatable bonds is 0. The molecule has 3 heterocycles. The summed E-state index contributed by atoms with van der Waals surface area (Å²) in [5.41, 5.74) is 0. The molecule has 3 fully saturated rings. The van der Waals surface area contributed by atoms with E-state index in [1.54, 1.807) is 6.92 Å². The van der Waals surface area contributed by atoms with Crippen molar-refractivity contribution in [3.8, 4) is 0 Å². The van der Waals surface area contributed by atoms with Gasteiger partial charge in [-0.05, 0) is 0 Å². The van der Waals surface area contributed by atoms with Crippen LogP contribution in [0.4, 0.5) is 0 Å². The van der Waals surface area contributed by atoms with Gasteiger partial charge in [0.05, 0.1) is 0 Å². The van der Waals surface area contributed by atoms with Gasteiger partial charge in [-0.2, -0.15) is 0 Å². The van der Waals surface area contributed by atoms with Crippen molar-refractivity contribution in [1.82, 2.24) is 4.90 Å². The molecule has 56 valence electrons. The van der Waals surface area contributed by atoms with E-state index in [-0.39, 0.29) is 24.8 Å². The fraction of sp³-hybridized carbons (Fsp3) is 0.857. The molecule has 2 atom stereocenters. The summed E-state index contributed by atoms with van der Waals surface area (Å²) in [6.45, 7) is 3.36. The summed E-state index contributed by atoms with van der Waals surface area (Å²) in [6, 6.07) is 0.949. The van der Waals surface area contributed by atoms with Crippen molar-refractivity contribution in [2.75, 3.05) is 13.1 Å². The molecule has 0 radical (unpaired) electrons. The molecule has 11 heavy (non-hydrogen) atoms. The molecule has 3 rings (SSSR count). The van der Waals surface area contributed by atoms with E-state index in [0.29, 0.717) is 12.1 Å². The number of hydrogen-bond donors (Lipinski definition) is 0. The minimum absolute atomic E-state index is 0. The van der Waals surface area contributed by atoms with Gasteiger partial charge >= 0.3 is 18.9 Å². The zero-order valence-electron chi connectivity index (χ0n) is 7.08. The molecule has 4 heteroatoms. The molecule has 2 unspecified atom stereocenters. The molecular formula is C7H11LiN2O. The Bertz CT molecular complexity index is 158. The van der Waals surface area contributed by atoms with Crippen molar-refractivity contribution in [2.24, 2.45) is 0 Å². The third kappa shape index (κ3) is 1.61. The molecule has 0 aromatic heterocycles. The second-order valence-electron chi connectivity index (χ2n) is 3.12. The number of hydrogen-bond acceptors (Lipinski definition) is 1. The molecule has 0 aromatic carbocycles. The number of piperidine rings is 1. The summed E-state index contributed by atoms with van der Waals surface area (Å²) in [4.78, 5) is 12.7. The average Bonchev–Trinajstić information content (AvgIpc) is 1.86. The molecule has 3 aliphatic heterocycles. The Kier molecular flexibility index (Phi) is 2.64. The standard InChI is InChI=1S/C7H11N2O.Li/c1-5(10)9-3-6-2-7(4-9)8-6;/h6-7H,2-4H2,1H3;/q-1;+1. The summed E-state index contributed by atoms with van der Waals surface area (Å²) >= 11 is 0. The van der Waals surface area contributed by atoms with Gasteiger partial charge in [-0.25, -0.2) is 0 Å². The van der Waals surface area contributed by atoms with Gasteiger partial charge in [0.2, 0.25) is 5.91 Å². The summed E-state index contributed by atoms with van der Waals surface area (Å²) in [5, 5.41) is 4.37. The molecule has 0 spiro atoms. The number of nitrogens with zero attached hydrogens (tertiary/aromatic N) is 2. The molecule has 3 saturated heterocycles. The normalized spacial score (nSPS) is 33.7. The van der Waals surface area contributed by atoms with Crippen LogP contribution in [0.1, 0.15) is 13.3 Å².